The van der Waals surface area contributed by atoms with Gasteiger partial charge in [0.05, 0.1) is 7.11 Å². The van der Waals surface area contributed by atoms with Crippen molar-refractivity contribution in [2.75, 3.05) is 7.11 Å². The second-order valence-corrected chi connectivity index (χ2v) is 7.48. The van der Waals surface area contributed by atoms with E-state index in [4.69, 9.17) is 9.47 Å². The van der Waals surface area contributed by atoms with Crippen molar-refractivity contribution in [1.82, 2.24) is 0 Å². The van der Waals surface area contributed by atoms with Crippen molar-refractivity contribution >= 4 is 10.8 Å². The minimum absolute atomic E-state index is 0.243. The number of phenols is 1. The van der Waals surface area contributed by atoms with E-state index in [0.29, 0.717) is 11.5 Å². The van der Waals surface area contributed by atoms with Crippen LogP contribution in [0.5, 0.6) is 23.0 Å². The topological polar surface area (TPSA) is 38.7 Å². The van der Waals surface area contributed by atoms with E-state index in [1.165, 1.54) is 0 Å². The Bertz CT molecular complexity index is 1360. The molecule has 0 aliphatic carbocycles. The number of methoxy groups -OCH3 is 1. The van der Waals surface area contributed by atoms with Gasteiger partial charge in [-0.05, 0) is 35.4 Å². The van der Waals surface area contributed by atoms with Crippen LogP contribution in [0.3, 0.4) is 0 Å². The zero-order valence-corrected chi connectivity index (χ0v) is 17.7. The van der Waals surface area contributed by atoms with Crippen molar-refractivity contribution in [3.63, 3.8) is 0 Å². The number of rotatable bonds is 5. The maximum absolute atomic E-state index is 11.4. The summed E-state index contributed by atoms with van der Waals surface area (Å²) in [6.45, 7) is 0. The van der Waals surface area contributed by atoms with Crippen LogP contribution in [-0.4, -0.2) is 12.2 Å². The van der Waals surface area contributed by atoms with Crippen molar-refractivity contribution in [2.24, 2.45) is 0 Å². The summed E-state index contributed by atoms with van der Waals surface area (Å²) in [6.07, 6.45) is 0. The maximum atomic E-state index is 11.4. The van der Waals surface area contributed by atoms with Crippen molar-refractivity contribution in [2.45, 2.75) is 0 Å². The van der Waals surface area contributed by atoms with Gasteiger partial charge in [0.1, 0.15) is 23.0 Å². The van der Waals surface area contributed by atoms with Crippen LogP contribution in [0.15, 0.2) is 109 Å². The number of hydrogen-bond acceptors (Lipinski definition) is 3. The number of hydrogen-bond donors (Lipinski definition) is 1. The smallest absolute Gasteiger partial charge is 0.143 e. The van der Waals surface area contributed by atoms with Gasteiger partial charge in [-0.15, -0.1) is 0 Å². The number of ether oxygens (including phenoxy) is 2. The van der Waals surface area contributed by atoms with Gasteiger partial charge in [0.25, 0.3) is 0 Å². The van der Waals surface area contributed by atoms with Crippen LogP contribution >= 0.6 is 0 Å². The Morgan fingerprint density at radius 1 is 0.531 bits per heavy atom. The van der Waals surface area contributed by atoms with E-state index in [-0.39, 0.29) is 5.75 Å². The Morgan fingerprint density at radius 3 is 1.62 bits per heavy atom. The fraction of sp³-hybridized carbons (Fsp3) is 0.0345. The quantitative estimate of drug-likeness (QED) is 0.318. The Kier molecular flexibility index (Phi) is 5.22. The molecule has 0 aliphatic rings. The van der Waals surface area contributed by atoms with Gasteiger partial charge in [0.15, 0.2) is 0 Å². The van der Waals surface area contributed by atoms with Crippen LogP contribution in [-0.2, 0) is 0 Å². The molecule has 0 saturated carbocycles. The van der Waals surface area contributed by atoms with Crippen LogP contribution in [0.2, 0.25) is 0 Å². The predicted octanol–water partition coefficient (Wildman–Crippen LogP) is 7.68. The molecular formula is C29H22O3. The van der Waals surface area contributed by atoms with Gasteiger partial charge in [-0.1, -0.05) is 84.9 Å². The summed E-state index contributed by atoms with van der Waals surface area (Å²) in [5.74, 6) is 2.40. The molecule has 0 saturated heterocycles. The molecule has 1 N–H and O–H groups in total. The lowest BCUT2D eigenvalue weighted by Gasteiger charge is -2.21. The number of benzene rings is 5. The van der Waals surface area contributed by atoms with Gasteiger partial charge in [-0.25, -0.2) is 0 Å². The Labute approximate surface area is 187 Å². The summed E-state index contributed by atoms with van der Waals surface area (Å²) in [5, 5.41) is 13.0. The molecule has 3 heteroatoms. The highest BCUT2D eigenvalue weighted by atomic mass is 16.5. The molecule has 0 amide bonds. The first kappa shape index (κ1) is 19.7. The average Bonchev–Trinajstić information content (AvgIpc) is 2.87. The normalized spacial score (nSPS) is 10.8. The summed E-state index contributed by atoms with van der Waals surface area (Å²) in [5.41, 5.74) is 3.49. The van der Waals surface area contributed by atoms with E-state index in [0.717, 1.165) is 38.8 Å². The fourth-order valence-corrected chi connectivity index (χ4v) is 4.02. The largest absolute Gasteiger partial charge is 0.507 e. The lowest BCUT2D eigenvalue weighted by Crippen LogP contribution is -1.95. The fourth-order valence-electron chi connectivity index (χ4n) is 4.02. The monoisotopic (exact) mass is 418 g/mol. The minimum atomic E-state index is 0.243. The lowest BCUT2D eigenvalue weighted by molar-refractivity contribution is 0.413. The third kappa shape index (κ3) is 3.54. The summed E-state index contributed by atoms with van der Waals surface area (Å²) >= 11 is 0. The molecule has 5 aromatic carbocycles. The molecule has 0 bridgehead atoms. The van der Waals surface area contributed by atoms with E-state index in [1.54, 1.807) is 7.11 Å². The van der Waals surface area contributed by atoms with Crippen LogP contribution in [0, 0.1) is 0 Å². The first-order valence-corrected chi connectivity index (χ1v) is 10.5. The third-order valence-corrected chi connectivity index (χ3v) is 5.54. The SMILES string of the molecule is COc1ccc(Oc2c(-c3ccccc3)c(-c3ccccc3)c(O)c3ccccc23)cc1. The second kappa shape index (κ2) is 8.48. The molecular weight excluding hydrogens is 396 g/mol. The predicted molar refractivity (Wildman–Crippen MR) is 130 cm³/mol. The van der Waals surface area contributed by atoms with Gasteiger partial charge in [0, 0.05) is 21.9 Å². The van der Waals surface area contributed by atoms with Crippen LogP contribution in [0.1, 0.15) is 0 Å². The van der Waals surface area contributed by atoms with E-state index < -0.39 is 0 Å². The van der Waals surface area contributed by atoms with Crippen LogP contribution in [0.25, 0.3) is 33.0 Å². The van der Waals surface area contributed by atoms with Crippen molar-refractivity contribution in [1.29, 1.82) is 0 Å². The number of aromatic hydroxyl groups is 1. The highest BCUT2D eigenvalue weighted by Crippen LogP contribution is 2.51. The van der Waals surface area contributed by atoms with Crippen LogP contribution < -0.4 is 9.47 Å². The molecule has 32 heavy (non-hydrogen) atoms. The third-order valence-electron chi connectivity index (χ3n) is 5.54. The van der Waals surface area contributed by atoms with E-state index in [1.807, 2.05) is 109 Å². The van der Waals surface area contributed by atoms with Crippen molar-refractivity contribution in [3.05, 3.63) is 109 Å². The van der Waals surface area contributed by atoms with Crippen molar-refractivity contribution < 1.29 is 14.6 Å². The molecule has 0 spiro atoms. The van der Waals surface area contributed by atoms with Gasteiger partial charge >= 0.3 is 0 Å². The number of fused-ring (bicyclic) bond motifs is 1. The molecule has 5 rings (SSSR count). The van der Waals surface area contributed by atoms with Crippen LogP contribution in [0.4, 0.5) is 0 Å². The van der Waals surface area contributed by atoms with Gasteiger partial charge < -0.3 is 14.6 Å². The zero-order valence-electron chi connectivity index (χ0n) is 17.7. The molecule has 0 radical (unpaired) electrons. The molecule has 156 valence electrons. The standard InChI is InChI=1S/C29H22O3/c1-31-22-16-18-23(19-17-22)32-29-25-15-9-8-14-24(25)28(30)26(20-10-4-2-5-11-20)27(29)21-12-6-3-7-13-21/h2-19,30H,1H3. The Hall–Kier alpha value is -4.24. The number of phenolic OH excluding ortho intramolecular Hbond substituents is 1. The molecule has 5 aromatic rings. The molecule has 0 unspecified atom stereocenters. The highest BCUT2D eigenvalue weighted by molar-refractivity contribution is 6.08. The molecule has 3 nitrogen and oxygen atoms in total. The van der Waals surface area contributed by atoms with E-state index in [2.05, 4.69) is 0 Å². The minimum Gasteiger partial charge on any atom is -0.507 e. The summed E-state index contributed by atoms with van der Waals surface area (Å²) in [6, 6.07) is 35.3. The maximum Gasteiger partial charge on any atom is 0.143 e. The first-order chi connectivity index (χ1) is 15.8. The Morgan fingerprint density at radius 2 is 1.03 bits per heavy atom. The second-order valence-electron chi connectivity index (χ2n) is 7.48. The molecule has 0 aromatic heterocycles. The van der Waals surface area contributed by atoms with Gasteiger partial charge in [0.2, 0.25) is 0 Å². The molecule has 0 heterocycles. The summed E-state index contributed by atoms with van der Waals surface area (Å²) in [4.78, 5) is 0. The molecule has 0 atom stereocenters. The van der Waals surface area contributed by atoms with Gasteiger partial charge in [-0.3, -0.25) is 0 Å². The molecule has 0 fully saturated rings. The summed E-state index contributed by atoms with van der Waals surface area (Å²) < 4.78 is 11.8. The average molecular weight is 418 g/mol. The lowest BCUT2D eigenvalue weighted by atomic mass is 9.89. The van der Waals surface area contributed by atoms with Crippen molar-refractivity contribution in [3.8, 4) is 45.3 Å². The zero-order chi connectivity index (χ0) is 21.9. The van der Waals surface area contributed by atoms with Gasteiger partial charge in [-0.2, -0.15) is 0 Å². The van der Waals surface area contributed by atoms with E-state index >= 15 is 0 Å². The molecule has 0 aliphatic heterocycles. The highest BCUT2D eigenvalue weighted by Gasteiger charge is 2.23. The van der Waals surface area contributed by atoms with E-state index in [9.17, 15) is 5.11 Å². The first-order valence-electron chi connectivity index (χ1n) is 10.5. The Balaban J connectivity index is 1.85. The summed E-state index contributed by atoms with van der Waals surface area (Å²) in [7, 11) is 1.64.